The molecule has 2 atom stereocenters. The van der Waals surface area contributed by atoms with E-state index < -0.39 is 30.3 Å². The van der Waals surface area contributed by atoms with Crippen molar-refractivity contribution in [3.8, 4) is 22.7 Å². The van der Waals surface area contributed by atoms with Crippen molar-refractivity contribution in [2.75, 3.05) is 36.9 Å². The number of nitrogens with zero attached hydrogens (tertiary/aromatic N) is 5. The highest BCUT2D eigenvalue weighted by Crippen LogP contribution is 2.43. The van der Waals surface area contributed by atoms with Crippen LogP contribution in [0, 0.1) is 12.3 Å². The molecule has 4 aromatic rings. The van der Waals surface area contributed by atoms with Gasteiger partial charge in [0.15, 0.2) is 0 Å². The molecule has 2 aliphatic rings. The molecule has 2 saturated heterocycles. The Kier molecular flexibility index (Phi) is 10.0. The summed E-state index contributed by atoms with van der Waals surface area (Å²) in [6, 6.07) is 14.1. The van der Waals surface area contributed by atoms with Gasteiger partial charge in [-0.05, 0) is 79.5 Å². The molecule has 4 N–H and O–H groups in total. The first kappa shape index (κ1) is 35.4. The number of carboxylic acid groups (broad SMARTS) is 1. The molecule has 2 fully saturated rings. The van der Waals surface area contributed by atoms with Gasteiger partial charge in [0.2, 0.25) is 17.9 Å². The van der Waals surface area contributed by atoms with Crippen LogP contribution in [0.3, 0.4) is 0 Å². The lowest BCUT2D eigenvalue weighted by molar-refractivity contribution is -0.198. The van der Waals surface area contributed by atoms with Crippen molar-refractivity contribution in [3.05, 3.63) is 83.7 Å². The number of carbonyl (C=O) groups excluding carboxylic acids is 1. The van der Waals surface area contributed by atoms with Crippen molar-refractivity contribution in [1.29, 1.82) is 0 Å². The molecule has 4 heterocycles. The second-order valence-corrected chi connectivity index (χ2v) is 12.8. The van der Waals surface area contributed by atoms with Gasteiger partial charge in [0.25, 0.3) is 0 Å². The minimum Gasteiger partial charge on any atom is -0.480 e. The van der Waals surface area contributed by atoms with Crippen LogP contribution >= 0.6 is 0 Å². The molecule has 12 nitrogen and oxygen atoms in total. The zero-order chi connectivity index (χ0) is 36.3. The van der Waals surface area contributed by atoms with Crippen molar-refractivity contribution in [2.45, 2.75) is 51.4 Å². The number of rotatable bonds is 10. The Morgan fingerprint density at radius 1 is 1.10 bits per heavy atom. The molecule has 2 aromatic carbocycles. The number of esters is 1. The number of aryl methyl sites for hydroxylation is 1. The van der Waals surface area contributed by atoms with Crippen LogP contribution in [0.4, 0.5) is 24.9 Å². The smallest absolute Gasteiger partial charge is 0.429 e. The average molecular weight is 706 g/mol. The number of hydrogen-bond donors (Lipinski definition) is 3. The number of nitrogen functional groups attached to an aromatic ring is 1. The molecule has 0 saturated carbocycles. The lowest BCUT2D eigenvalue weighted by Crippen LogP contribution is -2.41. The standard InChI is InChI=1S/C36H38F3N7O5/c1-3-50-31(47)11-6-23-4-7-24(8-5-23)25-9-10-28(46-15-12-22(2)44-46)26(18-25)32(36(37,38)39)51-30-19-29(42-34(40)43-30)45-16-13-35(14-17-45)20-27(33(48)49)41-21-35/h4-12,15,18-19,27,32,41H,3,13-14,16-17,20-21H2,1-2H3,(H,48,49)(H2,40,42,43)/b11-6+/t27?,32-/m1/s1. The summed E-state index contributed by atoms with van der Waals surface area (Å²) >= 11 is 0. The Morgan fingerprint density at radius 2 is 1.82 bits per heavy atom. The maximum Gasteiger partial charge on any atom is 0.429 e. The first-order chi connectivity index (χ1) is 24.3. The fourth-order valence-corrected chi connectivity index (χ4v) is 6.61. The Labute approximate surface area is 292 Å². The zero-order valence-electron chi connectivity index (χ0n) is 28.1. The van der Waals surface area contributed by atoms with E-state index in [-0.39, 0.29) is 35.1 Å². The van der Waals surface area contributed by atoms with Gasteiger partial charge in [-0.2, -0.15) is 28.2 Å². The molecule has 0 aliphatic carbocycles. The van der Waals surface area contributed by atoms with E-state index in [4.69, 9.17) is 15.2 Å². The second kappa shape index (κ2) is 14.4. The maximum atomic E-state index is 15.1. The number of aromatic nitrogens is 4. The number of hydrogen-bond acceptors (Lipinski definition) is 10. The second-order valence-electron chi connectivity index (χ2n) is 12.8. The molecule has 2 aromatic heterocycles. The first-order valence-corrected chi connectivity index (χ1v) is 16.5. The number of nitrogens with two attached hydrogens (primary N) is 1. The Bertz CT molecular complexity index is 1920. The first-order valence-electron chi connectivity index (χ1n) is 16.5. The highest BCUT2D eigenvalue weighted by atomic mass is 19.4. The van der Waals surface area contributed by atoms with E-state index in [0.717, 1.165) is 0 Å². The fraction of sp³-hybridized carbons (Fsp3) is 0.361. The molecular weight excluding hydrogens is 667 g/mol. The number of carbonyl (C=O) groups is 2. The predicted molar refractivity (Wildman–Crippen MR) is 183 cm³/mol. The highest BCUT2D eigenvalue weighted by Gasteiger charge is 2.46. The lowest BCUT2D eigenvalue weighted by atomic mass is 9.76. The van der Waals surface area contributed by atoms with Gasteiger partial charge in [-0.25, -0.2) is 9.48 Å². The summed E-state index contributed by atoms with van der Waals surface area (Å²) in [6.07, 6.45) is -1.01. The topological polar surface area (TPSA) is 158 Å². The Balaban J connectivity index is 1.30. The van der Waals surface area contributed by atoms with E-state index in [9.17, 15) is 14.7 Å². The van der Waals surface area contributed by atoms with Gasteiger partial charge in [0, 0.05) is 43.5 Å². The van der Waals surface area contributed by atoms with Crippen LogP contribution in [0.2, 0.25) is 0 Å². The number of alkyl halides is 3. The van der Waals surface area contributed by atoms with Gasteiger partial charge < -0.3 is 30.5 Å². The van der Waals surface area contributed by atoms with Crippen molar-refractivity contribution in [1.82, 2.24) is 25.1 Å². The molecular formula is C36H38F3N7O5. The van der Waals surface area contributed by atoms with E-state index in [1.54, 1.807) is 68.6 Å². The number of halogens is 3. The van der Waals surface area contributed by atoms with Crippen LogP contribution in [-0.4, -0.2) is 75.3 Å². The van der Waals surface area contributed by atoms with Crippen LogP contribution in [-0.2, 0) is 14.3 Å². The van der Waals surface area contributed by atoms with E-state index in [2.05, 4.69) is 20.4 Å². The summed E-state index contributed by atoms with van der Waals surface area (Å²) in [5.41, 5.74) is 8.26. The highest BCUT2D eigenvalue weighted by molar-refractivity contribution is 5.87. The van der Waals surface area contributed by atoms with Gasteiger partial charge in [-0.1, -0.05) is 30.3 Å². The molecule has 0 radical (unpaired) electrons. The molecule has 268 valence electrons. The molecule has 0 amide bonds. The molecule has 51 heavy (non-hydrogen) atoms. The monoisotopic (exact) mass is 705 g/mol. The Morgan fingerprint density at radius 3 is 2.45 bits per heavy atom. The maximum absolute atomic E-state index is 15.1. The normalized spacial score (nSPS) is 17.9. The van der Waals surface area contributed by atoms with E-state index >= 15 is 13.2 Å². The summed E-state index contributed by atoms with van der Waals surface area (Å²) in [6.45, 7) is 5.30. The van der Waals surface area contributed by atoms with Crippen LogP contribution in [0.5, 0.6) is 5.88 Å². The number of ether oxygens (including phenoxy) is 2. The van der Waals surface area contributed by atoms with Gasteiger partial charge in [0.1, 0.15) is 11.9 Å². The predicted octanol–water partition coefficient (Wildman–Crippen LogP) is 5.51. The minimum absolute atomic E-state index is 0.164. The third-order valence-electron chi connectivity index (χ3n) is 9.27. The quantitative estimate of drug-likeness (QED) is 0.141. The minimum atomic E-state index is -4.88. The van der Waals surface area contributed by atoms with Gasteiger partial charge >= 0.3 is 18.1 Å². The largest absolute Gasteiger partial charge is 0.480 e. The summed E-state index contributed by atoms with van der Waals surface area (Å²) in [5.74, 6) is -1.63. The number of carboxylic acids is 1. The van der Waals surface area contributed by atoms with Crippen LogP contribution < -0.4 is 20.7 Å². The number of benzene rings is 2. The van der Waals surface area contributed by atoms with Crippen molar-refractivity contribution in [3.63, 3.8) is 0 Å². The van der Waals surface area contributed by atoms with E-state index in [1.165, 1.54) is 22.9 Å². The summed E-state index contributed by atoms with van der Waals surface area (Å²) < 4.78 is 57.2. The number of piperidine rings is 1. The van der Waals surface area contributed by atoms with Crippen molar-refractivity contribution in [2.24, 2.45) is 5.41 Å². The van der Waals surface area contributed by atoms with Gasteiger partial charge in [-0.15, -0.1) is 0 Å². The fourth-order valence-electron chi connectivity index (χ4n) is 6.61. The summed E-state index contributed by atoms with van der Waals surface area (Å²) in [5, 5.41) is 16.9. The van der Waals surface area contributed by atoms with E-state index in [0.29, 0.717) is 67.1 Å². The molecule has 0 bridgehead atoms. The van der Waals surface area contributed by atoms with Crippen molar-refractivity contribution < 1.29 is 37.3 Å². The van der Waals surface area contributed by atoms with Crippen LogP contribution in [0.15, 0.2) is 66.9 Å². The van der Waals surface area contributed by atoms with Crippen molar-refractivity contribution >= 4 is 29.8 Å². The molecule has 1 spiro atoms. The van der Waals surface area contributed by atoms with Gasteiger partial charge in [0.05, 0.1) is 18.0 Å². The van der Waals surface area contributed by atoms with Gasteiger partial charge in [-0.3, -0.25) is 4.79 Å². The number of anilines is 2. The Hall–Kier alpha value is -5.44. The lowest BCUT2D eigenvalue weighted by Gasteiger charge is -2.39. The summed E-state index contributed by atoms with van der Waals surface area (Å²) in [7, 11) is 0. The molecule has 2 aliphatic heterocycles. The third kappa shape index (κ3) is 8.14. The molecule has 6 rings (SSSR count). The number of aliphatic carboxylic acids is 1. The zero-order valence-corrected chi connectivity index (χ0v) is 28.1. The summed E-state index contributed by atoms with van der Waals surface area (Å²) in [4.78, 5) is 33.4. The average Bonchev–Trinajstić information content (AvgIpc) is 3.72. The van der Waals surface area contributed by atoms with Crippen LogP contribution in [0.25, 0.3) is 22.9 Å². The molecule has 15 heteroatoms. The third-order valence-corrected chi connectivity index (χ3v) is 9.27. The van der Waals surface area contributed by atoms with Crippen LogP contribution in [0.1, 0.15) is 49.1 Å². The SMILES string of the molecule is CCOC(=O)/C=C/c1ccc(-c2ccc(-n3ccc(C)n3)c([C@@H](Oc3cc(N4CCC5(CC4)CNC(C(=O)O)C5)nc(N)n3)C(F)(F)F)c2)cc1. The van der Waals surface area contributed by atoms with E-state index in [1.807, 2.05) is 4.90 Å². The number of nitrogens with one attached hydrogen (secondary N) is 1. The molecule has 1 unspecified atom stereocenters.